The third-order valence-corrected chi connectivity index (χ3v) is 5.63. The standard InChI is InChI=1S/C22H24BrN3O3/c1-28-14-20(27)29-18-10-6-5-9-17(18)21-22(24-16-7-3-2-4-8-16)26-13-15(23)11-12-19(26)25-21/h5-6,9-13,16,24H,2-4,7-8,14H2,1H3. The van der Waals surface area contributed by atoms with Crippen LogP contribution < -0.4 is 10.1 Å². The van der Waals surface area contributed by atoms with Gasteiger partial charge in [0.1, 0.15) is 29.5 Å². The van der Waals surface area contributed by atoms with Gasteiger partial charge in [0.05, 0.1) is 0 Å². The molecule has 4 rings (SSSR count). The number of carbonyl (C=O) groups is 1. The van der Waals surface area contributed by atoms with Crippen LogP contribution in [0.25, 0.3) is 16.9 Å². The maximum atomic E-state index is 12.0. The highest BCUT2D eigenvalue weighted by molar-refractivity contribution is 9.10. The molecule has 0 saturated heterocycles. The topological polar surface area (TPSA) is 64.9 Å². The van der Waals surface area contributed by atoms with E-state index in [2.05, 4.69) is 25.6 Å². The molecule has 3 aromatic rings. The van der Waals surface area contributed by atoms with Gasteiger partial charge in [-0.05, 0) is 53.0 Å². The summed E-state index contributed by atoms with van der Waals surface area (Å²) in [5, 5.41) is 3.72. The molecule has 152 valence electrons. The molecule has 0 unspecified atom stereocenters. The quantitative estimate of drug-likeness (QED) is 0.413. The molecular weight excluding hydrogens is 434 g/mol. The zero-order valence-electron chi connectivity index (χ0n) is 16.4. The zero-order valence-corrected chi connectivity index (χ0v) is 17.9. The maximum absolute atomic E-state index is 12.0. The van der Waals surface area contributed by atoms with Crippen molar-refractivity contribution in [2.75, 3.05) is 19.0 Å². The maximum Gasteiger partial charge on any atom is 0.337 e. The monoisotopic (exact) mass is 457 g/mol. The van der Waals surface area contributed by atoms with Crippen LogP contribution in [0.1, 0.15) is 32.1 Å². The molecule has 0 atom stereocenters. The van der Waals surface area contributed by atoms with Crippen molar-refractivity contribution in [3.63, 3.8) is 0 Å². The fourth-order valence-electron chi connectivity index (χ4n) is 3.81. The molecule has 0 spiro atoms. The van der Waals surface area contributed by atoms with E-state index in [4.69, 9.17) is 14.5 Å². The molecule has 2 heterocycles. The summed E-state index contributed by atoms with van der Waals surface area (Å²) in [6.07, 6.45) is 8.06. The van der Waals surface area contributed by atoms with E-state index in [9.17, 15) is 4.79 Å². The third kappa shape index (κ3) is 4.46. The number of methoxy groups -OCH3 is 1. The smallest absolute Gasteiger partial charge is 0.337 e. The molecule has 1 aliphatic carbocycles. The minimum atomic E-state index is -0.437. The van der Waals surface area contributed by atoms with Crippen LogP contribution in [0.5, 0.6) is 5.75 Å². The minimum Gasteiger partial charge on any atom is -0.424 e. The molecular formula is C22H24BrN3O3. The lowest BCUT2D eigenvalue weighted by atomic mass is 9.95. The molecule has 1 N–H and O–H groups in total. The van der Waals surface area contributed by atoms with Crippen molar-refractivity contribution in [2.45, 2.75) is 38.1 Å². The summed E-state index contributed by atoms with van der Waals surface area (Å²) in [7, 11) is 1.47. The van der Waals surface area contributed by atoms with Gasteiger partial charge < -0.3 is 14.8 Å². The second-order valence-electron chi connectivity index (χ2n) is 7.27. The van der Waals surface area contributed by atoms with Gasteiger partial charge in [-0.25, -0.2) is 9.78 Å². The summed E-state index contributed by atoms with van der Waals surface area (Å²) in [6, 6.07) is 11.8. The van der Waals surface area contributed by atoms with Crippen LogP contribution in [0.2, 0.25) is 0 Å². The number of fused-ring (bicyclic) bond motifs is 1. The minimum absolute atomic E-state index is 0.0976. The molecule has 1 saturated carbocycles. The number of carbonyl (C=O) groups excluding carboxylic acids is 1. The molecule has 0 bridgehead atoms. The lowest BCUT2D eigenvalue weighted by Crippen LogP contribution is -2.23. The first-order chi connectivity index (χ1) is 14.2. The van der Waals surface area contributed by atoms with E-state index >= 15 is 0 Å². The Morgan fingerprint density at radius 3 is 2.79 bits per heavy atom. The van der Waals surface area contributed by atoms with Crippen molar-refractivity contribution in [1.82, 2.24) is 9.38 Å². The van der Waals surface area contributed by atoms with Crippen LogP contribution in [0.4, 0.5) is 5.82 Å². The van der Waals surface area contributed by atoms with E-state index in [0.29, 0.717) is 11.8 Å². The molecule has 1 aromatic carbocycles. The van der Waals surface area contributed by atoms with E-state index in [0.717, 1.165) is 40.0 Å². The summed E-state index contributed by atoms with van der Waals surface area (Å²) in [5.41, 5.74) is 2.38. The van der Waals surface area contributed by atoms with E-state index < -0.39 is 5.97 Å². The molecule has 6 nitrogen and oxygen atoms in total. The van der Waals surface area contributed by atoms with Gasteiger partial charge in [-0.15, -0.1) is 0 Å². The van der Waals surface area contributed by atoms with Crippen LogP contribution in [-0.4, -0.2) is 35.1 Å². The normalized spacial score (nSPS) is 14.8. The summed E-state index contributed by atoms with van der Waals surface area (Å²) in [5.74, 6) is 0.959. The van der Waals surface area contributed by atoms with Gasteiger partial charge in [0.25, 0.3) is 0 Å². The van der Waals surface area contributed by atoms with Gasteiger partial charge in [-0.2, -0.15) is 0 Å². The summed E-state index contributed by atoms with van der Waals surface area (Å²) in [6.45, 7) is -0.0976. The first-order valence-corrected chi connectivity index (χ1v) is 10.7. The first-order valence-electron chi connectivity index (χ1n) is 9.89. The van der Waals surface area contributed by atoms with Crippen molar-refractivity contribution < 1.29 is 14.3 Å². The number of hydrogen-bond donors (Lipinski definition) is 1. The number of pyridine rings is 1. The number of nitrogens with one attached hydrogen (secondary N) is 1. The van der Waals surface area contributed by atoms with E-state index in [-0.39, 0.29) is 6.61 Å². The molecule has 2 aromatic heterocycles. The Kier molecular flexibility index (Phi) is 6.16. The average molecular weight is 458 g/mol. The molecule has 0 amide bonds. The van der Waals surface area contributed by atoms with E-state index in [1.54, 1.807) is 6.07 Å². The SMILES string of the molecule is COCC(=O)Oc1ccccc1-c1nc2ccc(Br)cn2c1NC1CCCCC1. The second-order valence-corrected chi connectivity index (χ2v) is 8.18. The number of benzene rings is 1. The van der Waals surface area contributed by atoms with Crippen molar-refractivity contribution in [2.24, 2.45) is 0 Å². The third-order valence-electron chi connectivity index (χ3n) is 5.16. The lowest BCUT2D eigenvalue weighted by molar-refractivity contribution is -0.138. The number of imidazole rings is 1. The van der Waals surface area contributed by atoms with E-state index in [1.165, 1.54) is 26.4 Å². The Hall–Kier alpha value is -2.38. The van der Waals surface area contributed by atoms with E-state index in [1.807, 2.05) is 36.5 Å². The predicted octanol–water partition coefficient (Wildman–Crippen LogP) is 5.06. The highest BCUT2D eigenvalue weighted by Crippen LogP contribution is 2.37. The Labute approximate surface area is 178 Å². The summed E-state index contributed by atoms with van der Waals surface area (Å²) < 4.78 is 13.5. The number of nitrogens with zero attached hydrogens (tertiary/aromatic N) is 2. The second kappa shape index (κ2) is 8.97. The number of aromatic nitrogens is 2. The van der Waals surface area contributed by atoms with Gasteiger partial charge in [0.15, 0.2) is 0 Å². The van der Waals surface area contributed by atoms with Gasteiger partial charge in [0.2, 0.25) is 0 Å². The van der Waals surface area contributed by atoms with Crippen LogP contribution >= 0.6 is 15.9 Å². The fraction of sp³-hybridized carbons (Fsp3) is 0.364. The van der Waals surface area contributed by atoms with Crippen LogP contribution in [0.3, 0.4) is 0 Å². The molecule has 7 heteroatoms. The zero-order chi connectivity index (χ0) is 20.2. The number of para-hydroxylation sites is 1. The van der Waals surface area contributed by atoms with Crippen molar-refractivity contribution in [3.05, 3.63) is 47.1 Å². The Morgan fingerprint density at radius 2 is 2.00 bits per heavy atom. The summed E-state index contributed by atoms with van der Waals surface area (Å²) in [4.78, 5) is 16.9. The number of ether oxygens (including phenoxy) is 2. The Balaban J connectivity index is 1.79. The van der Waals surface area contributed by atoms with Crippen LogP contribution in [0.15, 0.2) is 47.1 Å². The number of halogens is 1. The van der Waals surface area contributed by atoms with Gasteiger partial charge >= 0.3 is 5.97 Å². The molecule has 1 fully saturated rings. The molecule has 29 heavy (non-hydrogen) atoms. The van der Waals surface area contributed by atoms with Gasteiger partial charge in [-0.3, -0.25) is 4.40 Å². The van der Waals surface area contributed by atoms with Gasteiger partial charge in [-0.1, -0.05) is 31.4 Å². The van der Waals surface area contributed by atoms with Gasteiger partial charge in [0, 0.05) is 29.4 Å². The van der Waals surface area contributed by atoms with Crippen molar-refractivity contribution >= 4 is 33.4 Å². The Bertz CT molecular complexity index is 1010. The average Bonchev–Trinajstić information content (AvgIpc) is 3.07. The lowest BCUT2D eigenvalue weighted by Gasteiger charge is -2.24. The first kappa shape index (κ1) is 19.9. The number of rotatable bonds is 6. The number of anilines is 1. The summed E-state index contributed by atoms with van der Waals surface area (Å²) >= 11 is 3.56. The Morgan fingerprint density at radius 1 is 1.21 bits per heavy atom. The van der Waals surface area contributed by atoms with Crippen LogP contribution in [-0.2, 0) is 9.53 Å². The van der Waals surface area contributed by atoms with Crippen molar-refractivity contribution in [1.29, 1.82) is 0 Å². The predicted molar refractivity (Wildman–Crippen MR) is 116 cm³/mol. The number of hydrogen-bond acceptors (Lipinski definition) is 5. The highest BCUT2D eigenvalue weighted by Gasteiger charge is 2.22. The van der Waals surface area contributed by atoms with Crippen molar-refractivity contribution in [3.8, 4) is 17.0 Å². The molecule has 0 radical (unpaired) electrons. The fourth-order valence-corrected chi connectivity index (χ4v) is 4.14. The molecule has 0 aliphatic heterocycles. The largest absolute Gasteiger partial charge is 0.424 e. The highest BCUT2D eigenvalue weighted by atomic mass is 79.9. The molecule has 1 aliphatic rings. The number of esters is 1. The van der Waals surface area contributed by atoms with Crippen LogP contribution in [0, 0.1) is 0 Å².